The van der Waals surface area contributed by atoms with Crippen LogP contribution in [0.25, 0.3) is 0 Å². The first kappa shape index (κ1) is 23.0. The number of ether oxygens (including phenoxy) is 2. The fourth-order valence-electron chi connectivity index (χ4n) is 2.69. The number of guanidine groups is 1. The molecular weight excluding hydrogens is 441 g/mol. The lowest BCUT2D eigenvalue weighted by molar-refractivity contribution is 0.0676. The third-order valence-electron chi connectivity index (χ3n) is 4.10. The second kappa shape index (κ2) is 12.4. The molecule has 0 aromatic heterocycles. The van der Waals surface area contributed by atoms with Crippen molar-refractivity contribution >= 4 is 29.9 Å². The molecule has 1 saturated heterocycles. The summed E-state index contributed by atoms with van der Waals surface area (Å²) in [6, 6.07) is 6.31. The molecule has 26 heavy (non-hydrogen) atoms. The standard InChI is InChI=1S/C20H33N3O2.HI/c1-5-21-20(22-12-15(2)3)23-13-17-9-8-16(4)11-19(17)25-14-18-7-6-10-24-18;/h8-9,11,15,18H,5-7,10,12-14H2,1-4H3,(H2,21,22,23);1H. The molecule has 2 rings (SSSR count). The number of hydrogen-bond acceptors (Lipinski definition) is 3. The van der Waals surface area contributed by atoms with Crippen LogP contribution in [0, 0.1) is 12.8 Å². The van der Waals surface area contributed by atoms with E-state index in [9.17, 15) is 0 Å². The minimum atomic E-state index is 0. The summed E-state index contributed by atoms with van der Waals surface area (Å²) < 4.78 is 11.7. The third-order valence-corrected chi connectivity index (χ3v) is 4.10. The molecule has 1 aliphatic rings. The highest BCUT2D eigenvalue weighted by Crippen LogP contribution is 2.23. The Balaban J connectivity index is 0.00000338. The monoisotopic (exact) mass is 475 g/mol. The predicted octanol–water partition coefficient (Wildman–Crippen LogP) is 3.88. The zero-order valence-corrected chi connectivity index (χ0v) is 18.8. The molecule has 1 heterocycles. The van der Waals surface area contributed by atoms with Crippen LogP contribution in [0.4, 0.5) is 0 Å². The van der Waals surface area contributed by atoms with E-state index in [1.54, 1.807) is 0 Å². The summed E-state index contributed by atoms with van der Waals surface area (Å²) in [6.07, 6.45) is 2.44. The maximum absolute atomic E-state index is 6.06. The first-order chi connectivity index (χ1) is 12.1. The topological polar surface area (TPSA) is 54.9 Å². The SMILES string of the molecule is CCNC(=NCc1ccc(C)cc1OCC1CCCO1)NCC(C)C.I. The molecule has 1 aliphatic heterocycles. The normalized spacial score (nSPS) is 17.1. The zero-order chi connectivity index (χ0) is 18.1. The fraction of sp³-hybridized carbons (Fsp3) is 0.650. The number of hydrogen-bond donors (Lipinski definition) is 2. The maximum Gasteiger partial charge on any atom is 0.191 e. The van der Waals surface area contributed by atoms with Crippen LogP contribution in [0.5, 0.6) is 5.75 Å². The Bertz CT molecular complexity index is 558. The summed E-state index contributed by atoms with van der Waals surface area (Å²) in [6.45, 7) is 12.4. The molecule has 0 amide bonds. The number of nitrogens with one attached hydrogen (secondary N) is 2. The van der Waals surface area contributed by atoms with Crippen molar-refractivity contribution in [2.24, 2.45) is 10.9 Å². The van der Waals surface area contributed by atoms with Gasteiger partial charge in [0.25, 0.3) is 0 Å². The van der Waals surface area contributed by atoms with Crippen LogP contribution in [0.2, 0.25) is 0 Å². The largest absolute Gasteiger partial charge is 0.491 e. The number of aliphatic imine (C=N–C) groups is 1. The molecule has 148 valence electrons. The maximum atomic E-state index is 6.06. The van der Waals surface area contributed by atoms with Crippen molar-refractivity contribution < 1.29 is 9.47 Å². The van der Waals surface area contributed by atoms with Gasteiger partial charge in [0.2, 0.25) is 0 Å². The van der Waals surface area contributed by atoms with E-state index in [0.29, 0.717) is 19.1 Å². The molecule has 1 fully saturated rings. The van der Waals surface area contributed by atoms with E-state index in [1.807, 2.05) is 0 Å². The Labute approximate surface area is 175 Å². The predicted molar refractivity (Wildman–Crippen MR) is 119 cm³/mol. The smallest absolute Gasteiger partial charge is 0.191 e. The van der Waals surface area contributed by atoms with Gasteiger partial charge in [-0.05, 0) is 44.2 Å². The van der Waals surface area contributed by atoms with E-state index in [2.05, 4.69) is 56.5 Å². The molecule has 0 radical (unpaired) electrons. The van der Waals surface area contributed by atoms with Crippen LogP contribution in [0.15, 0.2) is 23.2 Å². The van der Waals surface area contributed by atoms with Gasteiger partial charge in [-0.1, -0.05) is 26.0 Å². The van der Waals surface area contributed by atoms with Gasteiger partial charge in [0, 0.05) is 25.3 Å². The van der Waals surface area contributed by atoms with Crippen LogP contribution < -0.4 is 15.4 Å². The van der Waals surface area contributed by atoms with Gasteiger partial charge >= 0.3 is 0 Å². The molecule has 0 aliphatic carbocycles. The third kappa shape index (κ3) is 8.12. The zero-order valence-electron chi connectivity index (χ0n) is 16.5. The molecule has 0 spiro atoms. The average Bonchev–Trinajstić information content (AvgIpc) is 3.10. The first-order valence-corrected chi connectivity index (χ1v) is 9.44. The van der Waals surface area contributed by atoms with Gasteiger partial charge in [0.1, 0.15) is 12.4 Å². The highest BCUT2D eigenvalue weighted by molar-refractivity contribution is 14.0. The highest BCUT2D eigenvalue weighted by Gasteiger charge is 2.17. The molecule has 1 unspecified atom stereocenters. The van der Waals surface area contributed by atoms with Gasteiger partial charge in [-0.3, -0.25) is 0 Å². The first-order valence-electron chi connectivity index (χ1n) is 9.44. The molecular formula is C20H34IN3O2. The van der Waals surface area contributed by atoms with Gasteiger partial charge in [-0.15, -0.1) is 24.0 Å². The van der Waals surface area contributed by atoms with Gasteiger partial charge in [-0.2, -0.15) is 0 Å². The van der Waals surface area contributed by atoms with E-state index in [-0.39, 0.29) is 30.1 Å². The summed E-state index contributed by atoms with van der Waals surface area (Å²) in [7, 11) is 0. The van der Waals surface area contributed by atoms with Gasteiger partial charge in [0.15, 0.2) is 5.96 Å². The van der Waals surface area contributed by atoms with Crippen LogP contribution in [0.3, 0.4) is 0 Å². The average molecular weight is 475 g/mol. The molecule has 1 aromatic carbocycles. The van der Waals surface area contributed by atoms with Gasteiger partial charge in [0.05, 0.1) is 12.6 Å². The molecule has 0 bridgehead atoms. The number of benzene rings is 1. The summed E-state index contributed by atoms with van der Waals surface area (Å²) in [5, 5.41) is 6.67. The second-order valence-electron chi connectivity index (χ2n) is 7.03. The number of nitrogens with zero attached hydrogens (tertiary/aromatic N) is 1. The Morgan fingerprint density at radius 3 is 2.81 bits per heavy atom. The minimum Gasteiger partial charge on any atom is -0.491 e. The molecule has 1 atom stereocenters. The number of rotatable bonds is 8. The number of halogens is 1. The van der Waals surface area contributed by atoms with E-state index in [0.717, 1.165) is 49.8 Å². The van der Waals surface area contributed by atoms with Gasteiger partial charge < -0.3 is 20.1 Å². The van der Waals surface area contributed by atoms with Gasteiger partial charge in [-0.25, -0.2) is 4.99 Å². The van der Waals surface area contributed by atoms with E-state index in [1.165, 1.54) is 5.56 Å². The van der Waals surface area contributed by atoms with E-state index < -0.39 is 0 Å². The van der Waals surface area contributed by atoms with Crippen molar-refractivity contribution in [3.05, 3.63) is 29.3 Å². The van der Waals surface area contributed by atoms with Crippen molar-refractivity contribution in [2.45, 2.75) is 53.2 Å². The Kier molecular flexibility index (Phi) is 11.0. The summed E-state index contributed by atoms with van der Waals surface area (Å²) in [5.41, 5.74) is 2.30. The lowest BCUT2D eigenvalue weighted by atomic mass is 10.1. The summed E-state index contributed by atoms with van der Waals surface area (Å²) >= 11 is 0. The Hall–Kier alpha value is -1.02. The second-order valence-corrected chi connectivity index (χ2v) is 7.03. The van der Waals surface area contributed by atoms with E-state index in [4.69, 9.17) is 14.5 Å². The molecule has 5 nitrogen and oxygen atoms in total. The Morgan fingerprint density at radius 1 is 1.35 bits per heavy atom. The quantitative estimate of drug-likeness (QED) is 0.341. The lowest BCUT2D eigenvalue weighted by Crippen LogP contribution is -2.39. The minimum absolute atomic E-state index is 0. The van der Waals surface area contributed by atoms with E-state index >= 15 is 0 Å². The van der Waals surface area contributed by atoms with Crippen molar-refractivity contribution in [3.8, 4) is 5.75 Å². The van der Waals surface area contributed by atoms with Crippen LogP contribution >= 0.6 is 24.0 Å². The van der Waals surface area contributed by atoms with Crippen molar-refractivity contribution in [3.63, 3.8) is 0 Å². The van der Waals surface area contributed by atoms with Crippen molar-refractivity contribution in [2.75, 3.05) is 26.3 Å². The Morgan fingerprint density at radius 2 is 2.15 bits per heavy atom. The highest BCUT2D eigenvalue weighted by atomic mass is 127. The van der Waals surface area contributed by atoms with Crippen LogP contribution in [-0.4, -0.2) is 38.4 Å². The van der Waals surface area contributed by atoms with Crippen molar-refractivity contribution in [1.82, 2.24) is 10.6 Å². The number of aryl methyl sites for hydroxylation is 1. The van der Waals surface area contributed by atoms with Crippen LogP contribution in [0.1, 0.15) is 44.7 Å². The molecule has 6 heteroatoms. The molecule has 0 saturated carbocycles. The molecule has 1 aromatic rings. The fourth-order valence-corrected chi connectivity index (χ4v) is 2.69. The summed E-state index contributed by atoms with van der Waals surface area (Å²) in [4.78, 5) is 4.71. The lowest BCUT2D eigenvalue weighted by Gasteiger charge is -2.16. The van der Waals surface area contributed by atoms with Crippen LogP contribution in [-0.2, 0) is 11.3 Å². The summed E-state index contributed by atoms with van der Waals surface area (Å²) in [5.74, 6) is 2.34. The van der Waals surface area contributed by atoms with Crippen molar-refractivity contribution in [1.29, 1.82) is 0 Å². The molecule has 2 N–H and O–H groups in total.